The molecule has 4 aromatic rings. The molecule has 0 bridgehead atoms. The number of alkyl halides is 3. The summed E-state index contributed by atoms with van der Waals surface area (Å²) in [5.74, 6) is -3.07. The number of anilines is 1. The Morgan fingerprint density at radius 3 is 2.57 bits per heavy atom. The van der Waals surface area contributed by atoms with Crippen LogP contribution < -0.4 is 15.8 Å². The van der Waals surface area contributed by atoms with Crippen LogP contribution in [0.3, 0.4) is 0 Å². The Kier molecular flexibility index (Phi) is 6.29. The predicted molar refractivity (Wildman–Crippen MR) is 119 cm³/mol. The van der Waals surface area contributed by atoms with Gasteiger partial charge in [-0.25, -0.2) is 18.9 Å². The summed E-state index contributed by atoms with van der Waals surface area (Å²) in [6, 6.07) is 10.3. The fraction of sp³-hybridized carbons (Fsp3) is 0.217. The molecule has 8 nitrogen and oxygen atoms in total. The molecule has 0 aliphatic carbocycles. The quantitative estimate of drug-likeness (QED) is 0.396. The van der Waals surface area contributed by atoms with Crippen molar-refractivity contribution >= 4 is 17.2 Å². The fourth-order valence-electron chi connectivity index (χ4n) is 3.52. The maximum absolute atomic E-state index is 13.5. The number of methoxy groups -OCH3 is 1. The van der Waals surface area contributed by atoms with E-state index in [0.29, 0.717) is 11.1 Å². The van der Waals surface area contributed by atoms with Crippen molar-refractivity contribution in [2.24, 2.45) is 0 Å². The third kappa shape index (κ3) is 4.72. The van der Waals surface area contributed by atoms with Crippen LogP contribution in [0.5, 0.6) is 5.75 Å². The number of fused-ring (bicyclic) bond motifs is 1. The van der Waals surface area contributed by atoms with Crippen LogP contribution in [0.1, 0.15) is 34.6 Å². The topological polar surface area (TPSA) is 107 Å². The van der Waals surface area contributed by atoms with Gasteiger partial charge >= 0.3 is 6.18 Å². The molecule has 1 atom stereocenters. The van der Waals surface area contributed by atoms with Crippen LogP contribution in [0.2, 0.25) is 0 Å². The molecule has 0 radical (unpaired) electrons. The second kappa shape index (κ2) is 9.20. The van der Waals surface area contributed by atoms with Gasteiger partial charge in [0.05, 0.1) is 12.7 Å². The number of hydrogen-bond donors (Lipinski definition) is 2. The van der Waals surface area contributed by atoms with Gasteiger partial charge in [0.15, 0.2) is 5.82 Å². The minimum absolute atomic E-state index is 0.0106. The molecule has 182 valence electrons. The largest absolute Gasteiger partial charge is 0.496 e. The molecule has 0 saturated heterocycles. The van der Waals surface area contributed by atoms with E-state index in [-0.39, 0.29) is 40.7 Å². The average molecular weight is 488 g/mol. The molecular formula is C23H20F4N6O2. The second-order valence-electron chi connectivity index (χ2n) is 7.71. The van der Waals surface area contributed by atoms with Crippen molar-refractivity contribution in [3.05, 3.63) is 71.6 Å². The lowest BCUT2D eigenvalue weighted by Crippen LogP contribution is -2.23. The molecule has 0 saturated carbocycles. The van der Waals surface area contributed by atoms with Crippen molar-refractivity contribution in [3.8, 4) is 17.0 Å². The Balaban J connectivity index is 1.59. The van der Waals surface area contributed by atoms with Crippen molar-refractivity contribution in [3.63, 3.8) is 0 Å². The molecule has 12 heteroatoms. The Morgan fingerprint density at radius 2 is 1.91 bits per heavy atom. The zero-order valence-electron chi connectivity index (χ0n) is 18.6. The minimum Gasteiger partial charge on any atom is -0.496 e. The Hall–Kier alpha value is -4.22. The maximum Gasteiger partial charge on any atom is 0.398 e. The van der Waals surface area contributed by atoms with Crippen LogP contribution in [0.4, 0.5) is 23.4 Å². The third-order valence-electron chi connectivity index (χ3n) is 5.45. The van der Waals surface area contributed by atoms with E-state index in [1.54, 1.807) is 24.3 Å². The number of rotatable bonds is 6. The first-order chi connectivity index (χ1) is 16.6. The number of carbonyl (C=O) groups excluding carboxylic acids is 1. The van der Waals surface area contributed by atoms with Crippen LogP contribution in [0, 0.1) is 5.82 Å². The first-order valence-corrected chi connectivity index (χ1v) is 10.4. The summed E-state index contributed by atoms with van der Waals surface area (Å²) < 4.78 is 59.8. The Bertz CT molecular complexity index is 1390. The number of hydrogen-bond acceptors (Lipinski definition) is 6. The highest BCUT2D eigenvalue weighted by atomic mass is 19.4. The molecule has 3 N–H and O–H groups in total. The van der Waals surface area contributed by atoms with Gasteiger partial charge in [-0.05, 0) is 30.7 Å². The van der Waals surface area contributed by atoms with Gasteiger partial charge in [0, 0.05) is 12.1 Å². The lowest BCUT2D eigenvalue weighted by atomic mass is 10.1. The number of amides is 1. The van der Waals surface area contributed by atoms with Crippen molar-refractivity contribution < 1.29 is 27.1 Å². The number of halogens is 4. The van der Waals surface area contributed by atoms with E-state index in [4.69, 9.17) is 10.5 Å². The number of nitrogen functional groups attached to an aromatic ring is 1. The van der Waals surface area contributed by atoms with E-state index in [9.17, 15) is 22.4 Å². The monoisotopic (exact) mass is 488 g/mol. The van der Waals surface area contributed by atoms with E-state index < -0.39 is 23.8 Å². The van der Waals surface area contributed by atoms with Gasteiger partial charge in [-0.3, -0.25) is 4.79 Å². The molecule has 35 heavy (non-hydrogen) atoms. The molecule has 4 rings (SSSR count). The van der Waals surface area contributed by atoms with Gasteiger partial charge in [-0.2, -0.15) is 18.3 Å². The van der Waals surface area contributed by atoms with Gasteiger partial charge < -0.3 is 15.8 Å². The van der Waals surface area contributed by atoms with E-state index in [1.807, 2.05) is 0 Å². The average Bonchev–Trinajstić information content (AvgIpc) is 3.22. The molecular weight excluding hydrogens is 468 g/mol. The molecule has 0 aliphatic rings. The molecule has 2 aromatic heterocycles. The summed E-state index contributed by atoms with van der Waals surface area (Å²) in [4.78, 5) is 20.6. The highest BCUT2D eigenvalue weighted by Gasteiger charge is 2.40. The van der Waals surface area contributed by atoms with Gasteiger partial charge in [0.2, 0.25) is 0 Å². The van der Waals surface area contributed by atoms with Crippen LogP contribution in [0.25, 0.3) is 16.8 Å². The van der Waals surface area contributed by atoms with E-state index >= 15 is 0 Å². The zero-order chi connectivity index (χ0) is 25.3. The molecule has 2 aromatic carbocycles. The molecule has 0 fully saturated rings. The summed E-state index contributed by atoms with van der Waals surface area (Å²) in [6.45, 7) is 1.11. The maximum atomic E-state index is 13.5. The number of nitrogens with two attached hydrogens (primary N) is 1. The highest BCUT2D eigenvalue weighted by Crippen LogP contribution is 2.37. The molecule has 2 heterocycles. The van der Waals surface area contributed by atoms with Gasteiger partial charge in [0.25, 0.3) is 5.91 Å². The standard InChI is InChI=1S/C23H20F4N6O2/c1-12(23(25,26)27)21-32-18(19-20(28)30-11-31-33(19)21)14-5-3-13(4-6-14)10-29-22(34)16-9-15(24)7-8-17(16)35-2/h3-9,11-12H,10H2,1-2H3,(H,29,34)(H2,28,30,31). The molecule has 0 spiro atoms. The number of imidazole rings is 1. The second-order valence-corrected chi connectivity index (χ2v) is 7.71. The fourth-order valence-corrected chi connectivity index (χ4v) is 3.52. The number of carbonyl (C=O) groups is 1. The summed E-state index contributed by atoms with van der Waals surface area (Å²) in [5.41, 5.74) is 7.54. The van der Waals surface area contributed by atoms with Crippen molar-refractivity contribution in [2.45, 2.75) is 25.6 Å². The Morgan fingerprint density at radius 1 is 1.20 bits per heavy atom. The van der Waals surface area contributed by atoms with E-state index in [0.717, 1.165) is 23.8 Å². The molecule has 1 amide bonds. The van der Waals surface area contributed by atoms with Crippen LogP contribution in [0.15, 0.2) is 48.8 Å². The van der Waals surface area contributed by atoms with Crippen LogP contribution in [-0.4, -0.2) is 38.8 Å². The number of nitrogens with zero attached hydrogens (tertiary/aromatic N) is 4. The minimum atomic E-state index is -4.52. The SMILES string of the molecule is COc1ccc(F)cc1C(=O)NCc1ccc(-c2nc(C(C)C(F)(F)F)n3ncnc(N)c23)cc1. The first kappa shape index (κ1) is 23.9. The van der Waals surface area contributed by atoms with E-state index in [2.05, 4.69) is 20.4 Å². The lowest BCUT2D eigenvalue weighted by Gasteiger charge is -2.13. The van der Waals surface area contributed by atoms with Crippen molar-refractivity contribution in [1.82, 2.24) is 24.9 Å². The molecule has 1 unspecified atom stereocenters. The number of nitrogens with one attached hydrogen (secondary N) is 1. The van der Waals surface area contributed by atoms with Crippen LogP contribution >= 0.6 is 0 Å². The van der Waals surface area contributed by atoms with E-state index in [1.165, 1.54) is 19.2 Å². The van der Waals surface area contributed by atoms with Gasteiger partial charge in [-0.1, -0.05) is 24.3 Å². The van der Waals surface area contributed by atoms with Crippen LogP contribution in [-0.2, 0) is 6.54 Å². The predicted octanol–water partition coefficient (Wildman–Crippen LogP) is 4.12. The summed E-state index contributed by atoms with van der Waals surface area (Å²) in [6.07, 6.45) is -3.45. The number of aromatic nitrogens is 4. The highest BCUT2D eigenvalue weighted by molar-refractivity contribution is 5.96. The van der Waals surface area contributed by atoms with Crippen molar-refractivity contribution in [2.75, 3.05) is 12.8 Å². The summed E-state index contributed by atoms with van der Waals surface area (Å²) in [7, 11) is 1.38. The van der Waals surface area contributed by atoms with Crippen molar-refractivity contribution in [1.29, 1.82) is 0 Å². The Labute approximate surface area is 196 Å². The number of ether oxygens (including phenoxy) is 1. The normalized spacial score (nSPS) is 12.5. The summed E-state index contributed by atoms with van der Waals surface area (Å²) >= 11 is 0. The lowest BCUT2D eigenvalue weighted by molar-refractivity contribution is -0.148. The first-order valence-electron chi connectivity index (χ1n) is 10.4. The number of benzene rings is 2. The third-order valence-corrected chi connectivity index (χ3v) is 5.45. The molecule has 0 aliphatic heterocycles. The zero-order valence-corrected chi connectivity index (χ0v) is 18.6. The smallest absolute Gasteiger partial charge is 0.398 e. The van der Waals surface area contributed by atoms with Gasteiger partial charge in [-0.15, -0.1) is 0 Å². The van der Waals surface area contributed by atoms with Gasteiger partial charge in [0.1, 0.15) is 40.8 Å². The summed E-state index contributed by atoms with van der Waals surface area (Å²) in [5, 5.41) is 6.60.